The van der Waals surface area contributed by atoms with Gasteiger partial charge in [0.05, 0.1) is 10.7 Å². The van der Waals surface area contributed by atoms with Crippen molar-refractivity contribution in [1.82, 2.24) is 20.9 Å². The number of benzene rings is 1. The van der Waals surface area contributed by atoms with Gasteiger partial charge in [0, 0.05) is 43.0 Å². The van der Waals surface area contributed by atoms with Gasteiger partial charge < -0.3 is 21.1 Å². The summed E-state index contributed by atoms with van der Waals surface area (Å²) >= 11 is 1.74. The van der Waals surface area contributed by atoms with Crippen LogP contribution in [0.2, 0.25) is 0 Å². The SMILES string of the molecule is CCNC(=NCCCNC(=O)c1cccc(O)c1)NCCc1nc(C)c(C)s1.I. The Kier molecular flexibility index (Phi) is 11.6. The van der Waals surface area contributed by atoms with Crippen LogP contribution in [0, 0.1) is 13.8 Å². The summed E-state index contributed by atoms with van der Waals surface area (Å²) < 4.78 is 0. The Morgan fingerprint density at radius 3 is 2.66 bits per heavy atom. The molecule has 0 spiro atoms. The normalized spacial score (nSPS) is 10.9. The van der Waals surface area contributed by atoms with E-state index >= 15 is 0 Å². The van der Waals surface area contributed by atoms with Crippen LogP contribution >= 0.6 is 35.3 Å². The summed E-state index contributed by atoms with van der Waals surface area (Å²) in [5.74, 6) is 0.660. The molecule has 0 bridgehead atoms. The van der Waals surface area contributed by atoms with E-state index in [1.807, 2.05) is 13.8 Å². The smallest absolute Gasteiger partial charge is 0.251 e. The molecule has 1 aromatic carbocycles. The van der Waals surface area contributed by atoms with Crippen LogP contribution in [0.1, 0.15) is 39.3 Å². The molecule has 2 rings (SSSR count). The lowest BCUT2D eigenvalue weighted by Gasteiger charge is -2.10. The first-order valence-electron chi connectivity index (χ1n) is 9.52. The van der Waals surface area contributed by atoms with Crippen LogP contribution in [0.3, 0.4) is 0 Å². The van der Waals surface area contributed by atoms with E-state index in [2.05, 4.69) is 32.9 Å². The zero-order valence-corrected chi connectivity index (χ0v) is 20.3. The second-order valence-corrected chi connectivity index (χ2v) is 7.63. The summed E-state index contributed by atoms with van der Waals surface area (Å²) in [6.45, 7) is 8.84. The van der Waals surface area contributed by atoms with Gasteiger partial charge in [0.25, 0.3) is 5.91 Å². The number of thiazole rings is 1. The molecule has 1 aromatic heterocycles. The number of amides is 1. The first-order chi connectivity index (χ1) is 13.5. The first-order valence-corrected chi connectivity index (χ1v) is 10.3. The number of rotatable bonds is 9. The third-order valence-electron chi connectivity index (χ3n) is 4.05. The Morgan fingerprint density at radius 1 is 1.21 bits per heavy atom. The van der Waals surface area contributed by atoms with Gasteiger partial charge in [-0.3, -0.25) is 9.79 Å². The molecule has 0 atom stereocenters. The van der Waals surface area contributed by atoms with Gasteiger partial charge in [0.15, 0.2) is 5.96 Å². The van der Waals surface area contributed by atoms with Crippen LogP contribution in [0.25, 0.3) is 0 Å². The number of carbonyl (C=O) groups is 1. The Bertz CT molecular complexity index is 790. The van der Waals surface area contributed by atoms with Crippen LogP contribution in [-0.4, -0.2) is 48.1 Å². The largest absolute Gasteiger partial charge is 0.508 e. The number of aromatic hydroxyl groups is 1. The van der Waals surface area contributed by atoms with Crippen molar-refractivity contribution < 1.29 is 9.90 Å². The number of nitrogens with one attached hydrogen (secondary N) is 3. The molecular formula is C20H30IN5O2S. The summed E-state index contributed by atoms with van der Waals surface area (Å²) in [4.78, 5) is 22.4. The van der Waals surface area contributed by atoms with Gasteiger partial charge in [0.1, 0.15) is 5.75 Å². The van der Waals surface area contributed by atoms with Gasteiger partial charge in [-0.25, -0.2) is 4.98 Å². The third-order valence-corrected chi connectivity index (χ3v) is 5.18. The van der Waals surface area contributed by atoms with Crippen molar-refractivity contribution in [3.05, 3.63) is 45.4 Å². The molecule has 0 unspecified atom stereocenters. The van der Waals surface area contributed by atoms with Crippen molar-refractivity contribution in [2.24, 2.45) is 4.99 Å². The number of hydrogen-bond acceptors (Lipinski definition) is 5. The maximum Gasteiger partial charge on any atom is 0.251 e. The lowest BCUT2D eigenvalue weighted by atomic mass is 10.2. The summed E-state index contributed by atoms with van der Waals surface area (Å²) in [7, 11) is 0. The van der Waals surface area contributed by atoms with Gasteiger partial charge >= 0.3 is 0 Å². The Morgan fingerprint density at radius 2 is 2.00 bits per heavy atom. The number of aliphatic imine (C=N–C) groups is 1. The van der Waals surface area contributed by atoms with Crippen molar-refractivity contribution in [3.63, 3.8) is 0 Å². The van der Waals surface area contributed by atoms with Crippen molar-refractivity contribution >= 4 is 47.2 Å². The number of phenolic OH excluding ortho intramolecular Hbond substituents is 1. The molecule has 29 heavy (non-hydrogen) atoms. The van der Waals surface area contributed by atoms with Crippen molar-refractivity contribution in [3.8, 4) is 5.75 Å². The second-order valence-electron chi connectivity index (χ2n) is 6.35. The number of aromatic nitrogens is 1. The number of carbonyl (C=O) groups excluding carboxylic acids is 1. The standard InChI is InChI=1S/C20H29N5O2S.HI/c1-4-21-20(24-12-9-18-25-14(2)15(3)28-18)23-11-6-10-22-19(27)16-7-5-8-17(26)13-16;/h5,7-8,13,26H,4,6,9-12H2,1-3H3,(H,22,27)(H2,21,23,24);1H. The summed E-state index contributed by atoms with van der Waals surface area (Å²) in [6.07, 6.45) is 1.59. The fraction of sp³-hybridized carbons (Fsp3) is 0.450. The third kappa shape index (κ3) is 8.99. The average molecular weight is 531 g/mol. The molecule has 0 radical (unpaired) electrons. The predicted molar refractivity (Wildman–Crippen MR) is 130 cm³/mol. The zero-order valence-electron chi connectivity index (χ0n) is 17.1. The number of phenols is 1. The topological polar surface area (TPSA) is 98.6 Å². The fourth-order valence-electron chi connectivity index (χ4n) is 2.50. The number of halogens is 1. The molecule has 1 amide bonds. The highest BCUT2D eigenvalue weighted by atomic mass is 127. The van der Waals surface area contributed by atoms with Crippen LogP contribution < -0.4 is 16.0 Å². The molecule has 2 aromatic rings. The minimum atomic E-state index is -0.195. The molecule has 9 heteroatoms. The van der Waals surface area contributed by atoms with E-state index in [1.165, 1.54) is 17.0 Å². The Hall–Kier alpha value is -1.88. The second kappa shape index (κ2) is 13.4. The van der Waals surface area contributed by atoms with E-state index in [0.717, 1.165) is 42.6 Å². The molecule has 0 aliphatic rings. The minimum absolute atomic E-state index is 0. The first kappa shape index (κ1) is 25.2. The summed E-state index contributed by atoms with van der Waals surface area (Å²) in [6, 6.07) is 6.31. The van der Waals surface area contributed by atoms with Crippen molar-refractivity contribution in [1.29, 1.82) is 0 Å². The number of hydrogen-bond donors (Lipinski definition) is 4. The van der Waals surface area contributed by atoms with E-state index in [-0.39, 0.29) is 35.6 Å². The highest BCUT2D eigenvalue weighted by molar-refractivity contribution is 14.0. The predicted octanol–water partition coefficient (Wildman–Crippen LogP) is 3.00. The maximum absolute atomic E-state index is 12.0. The average Bonchev–Trinajstić information content (AvgIpc) is 2.98. The monoisotopic (exact) mass is 531 g/mol. The number of guanidine groups is 1. The molecule has 0 aliphatic heterocycles. The number of aryl methyl sites for hydroxylation is 2. The lowest BCUT2D eigenvalue weighted by Crippen LogP contribution is -2.38. The lowest BCUT2D eigenvalue weighted by molar-refractivity contribution is 0.0953. The van der Waals surface area contributed by atoms with E-state index in [0.29, 0.717) is 18.7 Å². The molecule has 1 heterocycles. The summed E-state index contributed by atoms with van der Waals surface area (Å²) in [5, 5.41) is 19.9. The van der Waals surface area contributed by atoms with Gasteiger partial charge in [-0.1, -0.05) is 6.07 Å². The highest BCUT2D eigenvalue weighted by Gasteiger charge is 2.06. The zero-order chi connectivity index (χ0) is 20.4. The molecule has 4 N–H and O–H groups in total. The van der Waals surface area contributed by atoms with Gasteiger partial charge in [-0.15, -0.1) is 35.3 Å². The van der Waals surface area contributed by atoms with Crippen LogP contribution in [0.4, 0.5) is 0 Å². The van der Waals surface area contributed by atoms with Crippen LogP contribution in [-0.2, 0) is 6.42 Å². The highest BCUT2D eigenvalue weighted by Crippen LogP contribution is 2.16. The summed E-state index contributed by atoms with van der Waals surface area (Å²) in [5.41, 5.74) is 1.56. The van der Waals surface area contributed by atoms with Crippen molar-refractivity contribution in [2.75, 3.05) is 26.2 Å². The Balaban J connectivity index is 0.00000420. The van der Waals surface area contributed by atoms with E-state index < -0.39 is 0 Å². The maximum atomic E-state index is 12.0. The molecule has 160 valence electrons. The quantitative estimate of drug-likeness (QED) is 0.173. The molecule has 0 saturated carbocycles. The van der Waals surface area contributed by atoms with Gasteiger partial charge in [0.2, 0.25) is 0 Å². The molecule has 7 nitrogen and oxygen atoms in total. The molecule has 0 aliphatic carbocycles. The van der Waals surface area contributed by atoms with E-state index in [4.69, 9.17) is 0 Å². The minimum Gasteiger partial charge on any atom is -0.508 e. The fourth-order valence-corrected chi connectivity index (χ4v) is 3.43. The van der Waals surface area contributed by atoms with Crippen LogP contribution in [0.15, 0.2) is 29.3 Å². The molecule has 0 fully saturated rings. The molecule has 0 saturated heterocycles. The van der Waals surface area contributed by atoms with Gasteiger partial charge in [-0.05, 0) is 45.4 Å². The number of nitrogens with zero attached hydrogens (tertiary/aromatic N) is 2. The Labute approximate surface area is 193 Å². The van der Waals surface area contributed by atoms with E-state index in [9.17, 15) is 9.90 Å². The van der Waals surface area contributed by atoms with Gasteiger partial charge in [-0.2, -0.15) is 0 Å². The van der Waals surface area contributed by atoms with Crippen LogP contribution in [0.5, 0.6) is 5.75 Å². The van der Waals surface area contributed by atoms with Crippen molar-refractivity contribution in [2.45, 2.75) is 33.6 Å². The molecular weight excluding hydrogens is 501 g/mol. The van der Waals surface area contributed by atoms with E-state index in [1.54, 1.807) is 23.5 Å².